The lowest BCUT2D eigenvalue weighted by molar-refractivity contribution is 0.0949. The molecule has 1 saturated heterocycles. The van der Waals surface area contributed by atoms with Gasteiger partial charge in [0, 0.05) is 11.9 Å². The van der Waals surface area contributed by atoms with Gasteiger partial charge in [0.05, 0.1) is 5.56 Å². The quantitative estimate of drug-likeness (QED) is 0.906. The summed E-state index contributed by atoms with van der Waals surface area (Å²) in [6.07, 6.45) is 2.67. The van der Waals surface area contributed by atoms with Crippen molar-refractivity contribution in [3.05, 3.63) is 36.1 Å². The molecule has 0 radical (unpaired) electrons. The lowest BCUT2D eigenvalue weighted by Crippen LogP contribution is -2.30. The molecule has 0 bridgehead atoms. The van der Waals surface area contributed by atoms with Crippen molar-refractivity contribution in [2.24, 2.45) is 5.92 Å². The molecule has 1 unspecified atom stereocenters. The van der Waals surface area contributed by atoms with Crippen LogP contribution in [-0.2, 0) is 0 Å². The fraction of sp³-hybridized carbons (Fsp3) is 0.357. The number of rotatable bonds is 3. The van der Waals surface area contributed by atoms with E-state index in [1.807, 2.05) is 24.3 Å². The first-order valence-electron chi connectivity index (χ1n) is 6.30. The zero-order valence-electron chi connectivity index (χ0n) is 10.5. The van der Waals surface area contributed by atoms with Gasteiger partial charge in [-0.2, -0.15) is 0 Å². The number of fused-ring (bicyclic) bond motifs is 1. The van der Waals surface area contributed by atoms with Gasteiger partial charge in [-0.3, -0.25) is 4.79 Å². The standard InChI is InChI=1S/C14H16N2O2.ClH/c17-14(16-8-10-5-6-15-7-10)12-9-18-13-4-2-1-3-11(12)13;/h1-4,9-10,15H,5-8H2,(H,16,17);1H. The molecule has 0 spiro atoms. The van der Waals surface area contributed by atoms with Crippen LogP contribution in [0, 0.1) is 5.92 Å². The van der Waals surface area contributed by atoms with Crippen LogP contribution < -0.4 is 10.6 Å². The molecule has 102 valence electrons. The fourth-order valence-corrected chi connectivity index (χ4v) is 2.37. The van der Waals surface area contributed by atoms with Gasteiger partial charge in [0.25, 0.3) is 5.91 Å². The van der Waals surface area contributed by atoms with Gasteiger partial charge in [0.15, 0.2) is 0 Å². The molecule has 1 amide bonds. The van der Waals surface area contributed by atoms with Gasteiger partial charge in [0.2, 0.25) is 0 Å². The molecule has 1 aliphatic rings. The van der Waals surface area contributed by atoms with Crippen molar-refractivity contribution >= 4 is 29.3 Å². The summed E-state index contributed by atoms with van der Waals surface area (Å²) in [5.41, 5.74) is 1.38. The first kappa shape index (κ1) is 13.9. The largest absolute Gasteiger partial charge is 0.463 e. The van der Waals surface area contributed by atoms with Crippen LogP contribution in [0.15, 0.2) is 34.9 Å². The van der Waals surface area contributed by atoms with Gasteiger partial charge in [0.1, 0.15) is 11.8 Å². The molecular weight excluding hydrogens is 264 g/mol. The highest BCUT2D eigenvalue weighted by atomic mass is 35.5. The normalized spacial score (nSPS) is 18.2. The Morgan fingerprint density at radius 1 is 1.42 bits per heavy atom. The number of furan rings is 1. The average Bonchev–Trinajstić information content (AvgIpc) is 3.05. The van der Waals surface area contributed by atoms with E-state index in [0.717, 1.165) is 37.0 Å². The predicted octanol–water partition coefficient (Wildman–Crippen LogP) is 2.19. The van der Waals surface area contributed by atoms with Crippen LogP contribution in [0.1, 0.15) is 16.8 Å². The maximum Gasteiger partial charge on any atom is 0.255 e. The van der Waals surface area contributed by atoms with E-state index in [1.165, 1.54) is 6.26 Å². The van der Waals surface area contributed by atoms with Crippen LogP contribution >= 0.6 is 12.4 Å². The zero-order chi connectivity index (χ0) is 12.4. The summed E-state index contributed by atoms with van der Waals surface area (Å²) in [4.78, 5) is 12.1. The second kappa shape index (κ2) is 6.08. The smallest absolute Gasteiger partial charge is 0.255 e. The lowest BCUT2D eigenvalue weighted by atomic mass is 10.1. The first-order valence-corrected chi connectivity index (χ1v) is 6.30. The Labute approximate surface area is 118 Å². The zero-order valence-corrected chi connectivity index (χ0v) is 11.3. The monoisotopic (exact) mass is 280 g/mol. The van der Waals surface area contributed by atoms with Crippen LogP contribution in [0.4, 0.5) is 0 Å². The van der Waals surface area contributed by atoms with Crippen molar-refractivity contribution in [2.75, 3.05) is 19.6 Å². The predicted molar refractivity (Wildman–Crippen MR) is 76.8 cm³/mol. The summed E-state index contributed by atoms with van der Waals surface area (Å²) in [5.74, 6) is 0.499. The van der Waals surface area contributed by atoms with Crippen molar-refractivity contribution in [3.63, 3.8) is 0 Å². The van der Waals surface area contributed by atoms with Crippen molar-refractivity contribution in [1.82, 2.24) is 10.6 Å². The van der Waals surface area contributed by atoms with Gasteiger partial charge < -0.3 is 15.1 Å². The van der Waals surface area contributed by atoms with Gasteiger partial charge in [-0.15, -0.1) is 12.4 Å². The average molecular weight is 281 g/mol. The van der Waals surface area contributed by atoms with Crippen LogP contribution in [-0.4, -0.2) is 25.5 Å². The first-order chi connectivity index (χ1) is 8.84. The van der Waals surface area contributed by atoms with E-state index in [1.54, 1.807) is 0 Å². The van der Waals surface area contributed by atoms with E-state index in [-0.39, 0.29) is 18.3 Å². The number of hydrogen-bond donors (Lipinski definition) is 2. The highest BCUT2D eigenvalue weighted by Crippen LogP contribution is 2.20. The Morgan fingerprint density at radius 3 is 3.05 bits per heavy atom. The van der Waals surface area contributed by atoms with Crippen LogP contribution in [0.2, 0.25) is 0 Å². The summed E-state index contributed by atoms with van der Waals surface area (Å²) < 4.78 is 5.37. The summed E-state index contributed by atoms with van der Waals surface area (Å²) in [6.45, 7) is 2.77. The third-order valence-electron chi connectivity index (χ3n) is 3.44. The van der Waals surface area contributed by atoms with Gasteiger partial charge in [-0.25, -0.2) is 0 Å². The molecule has 1 fully saturated rings. The molecule has 2 heterocycles. The third-order valence-corrected chi connectivity index (χ3v) is 3.44. The van der Waals surface area contributed by atoms with E-state index in [9.17, 15) is 4.79 Å². The Hall–Kier alpha value is -1.52. The summed E-state index contributed by atoms with van der Waals surface area (Å²) in [7, 11) is 0. The molecule has 2 aromatic rings. The molecule has 1 atom stereocenters. The molecule has 3 rings (SSSR count). The van der Waals surface area contributed by atoms with Crippen LogP contribution in [0.25, 0.3) is 11.0 Å². The van der Waals surface area contributed by atoms with E-state index in [4.69, 9.17) is 4.42 Å². The summed E-state index contributed by atoms with van der Waals surface area (Å²) in [6, 6.07) is 7.59. The minimum absolute atomic E-state index is 0. The van der Waals surface area contributed by atoms with Gasteiger partial charge in [-0.1, -0.05) is 18.2 Å². The molecular formula is C14H17ClN2O2. The van der Waals surface area contributed by atoms with Crippen LogP contribution in [0.5, 0.6) is 0 Å². The Morgan fingerprint density at radius 2 is 2.26 bits per heavy atom. The molecule has 5 heteroatoms. The van der Waals surface area contributed by atoms with E-state index < -0.39 is 0 Å². The third kappa shape index (κ3) is 2.91. The molecule has 0 saturated carbocycles. The molecule has 1 aliphatic heterocycles. The number of hydrogen-bond acceptors (Lipinski definition) is 3. The van der Waals surface area contributed by atoms with Crippen LogP contribution in [0.3, 0.4) is 0 Å². The molecule has 2 N–H and O–H groups in total. The van der Waals surface area contributed by atoms with E-state index >= 15 is 0 Å². The molecule has 19 heavy (non-hydrogen) atoms. The lowest BCUT2D eigenvalue weighted by Gasteiger charge is -2.09. The molecule has 4 nitrogen and oxygen atoms in total. The van der Waals surface area contributed by atoms with E-state index in [0.29, 0.717) is 11.5 Å². The number of halogens is 1. The number of carbonyl (C=O) groups is 1. The summed E-state index contributed by atoms with van der Waals surface area (Å²) in [5, 5.41) is 7.15. The number of para-hydroxylation sites is 1. The minimum atomic E-state index is -0.0492. The van der Waals surface area contributed by atoms with Crippen molar-refractivity contribution in [3.8, 4) is 0 Å². The number of carbonyl (C=O) groups excluding carboxylic acids is 1. The Balaban J connectivity index is 0.00000133. The highest BCUT2D eigenvalue weighted by molar-refractivity contribution is 6.05. The SMILES string of the molecule is Cl.O=C(NCC1CCNC1)c1coc2ccccc12. The number of amides is 1. The van der Waals surface area contributed by atoms with Crippen molar-refractivity contribution in [1.29, 1.82) is 0 Å². The van der Waals surface area contributed by atoms with Gasteiger partial charge in [-0.05, 0) is 31.5 Å². The van der Waals surface area contributed by atoms with Crippen molar-refractivity contribution in [2.45, 2.75) is 6.42 Å². The maximum atomic E-state index is 12.1. The van der Waals surface area contributed by atoms with Crippen molar-refractivity contribution < 1.29 is 9.21 Å². The second-order valence-electron chi connectivity index (χ2n) is 4.71. The molecule has 1 aromatic heterocycles. The highest BCUT2D eigenvalue weighted by Gasteiger charge is 2.17. The maximum absolute atomic E-state index is 12.1. The Bertz CT molecular complexity index is 561. The topological polar surface area (TPSA) is 54.3 Å². The molecule has 0 aliphatic carbocycles. The van der Waals surface area contributed by atoms with Gasteiger partial charge >= 0.3 is 0 Å². The van der Waals surface area contributed by atoms with E-state index in [2.05, 4.69) is 10.6 Å². The fourth-order valence-electron chi connectivity index (χ4n) is 2.37. The Kier molecular flexibility index (Phi) is 4.45. The number of benzene rings is 1. The minimum Gasteiger partial charge on any atom is -0.463 e. The summed E-state index contributed by atoms with van der Waals surface area (Å²) >= 11 is 0. The number of nitrogens with one attached hydrogen (secondary N) is 2. The second-order valence-corrected chi connectivity index (χ2v) is 4.71. The molecule has 1 aromatic carbocycles.